The molecule has 9 heteroatoms. The minimum absolute atomic E-state index is 0.168. The summed E-state index contributed by atoms with van der Waals surface area (Å²) < 4.78 is 30.8. The van der Waals surface area contributed by atoms with E-state index in [1.54, 1.807) is 12.1 Å². The van der Waals surface area contributed by atoms with E-state index in [-0.39, 0.29) is 29.0 Å². The predicted octanol–water partition coefficient (Wildman–Crippen LogP) is 5.10. The maximum Gasteiger partial charge on any atom is 0.155 e. The van der Waals surface area contributed by atoms with Gasteiger partial charge in [0.15, 0.2) is 5.75 Å². The Labute approximate surface area is 214 Å². The molecular formula is C26H24Cl2N2O4S. The van der Waals surface area contributed by atoms with Crippen LogP contribution in [0.5, 0.6) is 5.75 Å². The van der Waals surface area contributed by atoms with Crippen LogP contribution in [-0.4, -0.2) is 43.3 Å². The zero-order valence-electron chi connectivity index (χ0n) is 19.2. The molecule has 6 rings (SSSR count). The number of carbonyl (C=O) groups excluding carboxylic acids is 1. The molecular weight excluding hydrogens is 507 g/mol. The molecule has 0 unspecified atom stereocenters. The van der Waals surface area contributed by atoms with Crippen LogP contribution in [0.15, 0.2) is 42.6 Å². The summed E-state index contributed by atoms with van der Waals surface area (Å²) in [6.45, 7) is 0.253. The Balaban J connectivity index is 1.34. The number of carbonyl (C=O) groups is 1. The zero-order valence-corrected chi connectivity index (χ0v) is 21.5. The van der Waals surface area contributed by atoms with Gasteiger partial charge in [0, 0.05) is 35.4 Å². The number of halogens is 2. The van der Waals surface area contributed by atoms with Crippen molar-refractivity contribution in [3.8, 4) is 17.5 Å². The number of fused-ring (bicyclic) bond motifs is 1. The van der Waals surface area contributed by atoms with Crippen LogP contribution in [0.1, 0.15) is 30.4 Å². The number of Topliss-reactive ketones (excluding diaryl/α,β-unsaturated/α-hetero) is 1. The van der Waals surface area contributed by atoms with Crippen molar-refractivity contribution in [1.82, 2.24) is 4.57 Å². The number of nitrogens with zero attached hydrogens (tertiary/aromatic N) is 2. The third-order valence-corrected chi connectivity index (χ3v) is 8.74. The fourth-order valence-corrected chi connectivity index (χ4v) is 7.76. The van der Waals surface area contributed by atoms with Gasteiger partial charge in [0.05, 0.1) is 27.7 Å². The van der Waals surface area contributed by atoms with Crippen molar-refractivity contribution in [3.63, 3.8) is 0 Å². The van der Waals surface area contributed by atoms with Crippen molar-refractivity contribution in [3.05, 3.63) is 58.7 Å². The molecule has 3 aliphatic rings. The first-order chi connectivity index (χ1) is 16.6. The standard InChI is InChI=1S/C26H24Cl2N2O4S/c1-35(32,33)16-25-13-26(14-25,15-25)23(31)9-17-2-3-22-18(8-17)4-6-30(22)20-10-19(12-29)24(21(28)11-20)34-7-5-27/h2-4,6,8,10-11H,5,7,9,13-16H2,1H3. The van der Waals surface area contributed by atoms with Gasteiger partial charge in [-0.1, -0.05) is 17.7 Å². The number of ketones is 1. The molecule has 3 aromatic rings. The molecule has 0 atom stereocenters. The summed E-state index contributed by atoms with van der Waals surface area (Å²) in [5.41, 5.74) is 2.42. The molecule has 2 aromatic carbocycles. The number of sulfone groups is 1. The van der Waals surface area contributed by atoms with E-state index in [0.717, 1.165) is 22.2 Å². The minimum atomic E-state index is -3.03. The van der Waals surface area contributed by atoms with E-state index >= 15 is 0 Å². The molecule has 0 aliphatic heterocycles. The van der Waals surface area contributed by atoms with Crippen molar-refractivity contribution in [2.24, 2.45) is 10.8 Å². The first-order valence-corrected chi connectivity index (χ1v) is 14.3. The molecule has 0 amide bonds. The van der Waals surface area contributed by atoms with Crippen LogP contribution in [0.3, 0.4) is 0 Å². The van der Waals surface area contributed by atoms with Gasteiger partial charge in [-0.3, -0.25) is 4.79 Å². The number of nitriles is 1. The van der Waals surface area contributed by atoms with Gasteiger partial charge in [-0.25, -0.2) is 8.42 Å². The van der Waals surface area contributed by atoms with Crippen LogP contribution in [0.25, 0.3) is 16.6 Å². The van der Waals surface area contributed by atoms with E-state index < -0.39 is 9.84 Å². The Morgan fingerprint density at radius 1 is 1.20 bits per heavy atom. The van der Waals surface area contributed by atoms with Crippen LogP contribution in [0.4, 0.5) is 0 Å². The highest BCUT2D eigenvalue weighted by atomic mass is 35.5. The Morgan fingerprint density at radius 3 is 2.60 bits per heavy atom. The lowest BCUT2D eigenvalue weighted by molar-refractivity contribution is -0.195. The Bertz CT molecular complexity index is 1480. The van der Waals surface area contributed by atoms with Crippen LogP contribution in [0.2, 0.25) is 5.02 Å². The Morgan fingerprint density at radius 2 is 1.94 bits per heavy atom. The van der Waals surface area contributed by atoms with Crippen molar-refractivity contribution >= 4 is 49.7 Å². The number of hydrogen-bond donors (Lipinski definition) is 0. The highest BCUT2D eigenvalue weighted by Crippen LogP contribution is 2.74. The molecule has 6 nitrogen and oxygen atoms in total. The first-order valence-electron chi connectivity index (χ1n) is 11.3. The van der Waals surface area contributed by atoms with E-state index in [9.17, 15) is 18.5 Å². The molecule has 0 saturated heterocycles. The lowest BCUT2D eigenvalue weighted by Crippen LogP contribution is -2.67. The molecule has 3 fully saturated rings. The summed E-state index contributed by atoms with van der Waals surface area (Å²) in [6, 6.07) is 13.5. The average Bonchev–Trinajstić information content (AvgIpc) is 3.16. The van der Waals surface area contributed by atoms with Gasteiger partial charge in [0.1, 0.15) is 28.3 Å². The first kappa shape index (κ1) is 24.2. The Kier molecular flexibility index (Phi) is 5.90. The third-order valence-electron chi connectivity index (χ3n) is 7.17. The smallest absolute Gasteiger partial charge is 0.155 e. The van der Waals surface area contributed by atoms with Crippen molar-refractivity contribution in [2.75, 3.05) is 24.5 Å². The molecule has 0 N–H and O–H groups in total. The van der Waals surface area contributed by atoms with E-state index in [1.807, 2.05) is 35.0 Å². The van der Waals surface area contributed by atoms with Gasteiger partial charge in [0.25, 0.3) is 0 Å². The number of rotatable bonds is 9. The molecule has 35 heavy (non-hydrogen) atoms. The van der Waals surface area contributed by atoms with Gasteiger partial charge in [-0.2, -0.15) is 5.26 Å². The van der Waals surface area contributed by atoms with Crippen molar-refractivity contribution in [2.45, 2.75) is 25.7 Å². The average molecular weight is 531 g/mol. The van der Waals surface area contributed by atoms with Gasteiger partial charge >= 0.3 is 0 Å². The summed E-state index contributed by atoms with van der Waals surface area (Å²) >= 11 is 12.1. The van der Waals surface area contributed by atoms with Gasteiger partial charge in [-0.15, -0.1) is 11.6 Å². The summed E-state index contributed by atoms with van der Waals surface area (Å²) in [5.74, 6) is 0.997. The highest BCUT2D eigenvalue weighted by Gasteiger charge is 2.71. The van der Waals surface area contributed by atoms with Crippen LogP contribution in [0, 0.1) is 22.2 Å². The second-order valence-electron chi connectivity index (χ2n) is 10.0. The maximum atomic E-state index is 13.0. The molecule has 1 heterocycles. The number of hydrogen-bond acceptors (Lipinski definition) is 5. The molecule has 182 valence electrons. The summed E-state index contributed by atoms with van der Waals surface area (Å²) in [4.78, 5) is 13.0. The minimum Gasteiger partial charge on any atom is -0.489 e. The predicted molar refractivity (Wildman–Crippen MR) is 136 cm³/mol. The molecule has 0 radical (unpaired) electrons. The quantitative estimate of drug-likeness (QED) is 0.359. The normalized spacial score (nSPS) is 22.8. The van der Waals surface area contributed by atoms with Gasteiger partial charge in [0.2, 0.25) is 0 Å². The van der Waals surface area contributed by atoms with E-state index in [4.69, 9.17) is 27.9 Å². The molecule has 3 saturated carbocycles. The fraction of sp³-hybridized carbons (Fsp3) is 0.385. The second kappa shape index (κ2) is 8.55. The van der Waals surface area contributed by atoms with E-state index in [2.05, 4.69) is 6.07 Å². The monoisotopic (exact) mass is 530 g/mol. The van der Waals surface area contributed by atoms with E-state index in [0.29, 0.717) is 47.9 Å². The number of aromatic nitrogens is 1. The van der Waals surface area contributed by atoms with Crippen LogP contribution >= 0.6 is 23.2 Å². The number of benzene rings is 2. The van der Waals surface area contributed by atoms with Gasteiger partial charge < -0.3 is 9.30 Å². The number of alkyl halides is 1. The lowest BCUT2D eigenvalue weighted by Gasteiger charge is -2.69. The molecule has 3 aliphatic carbocycles. The Hall–Kier alpha value is -2.53. The molecule has 1 aromatic heterocycles. The molecule has 2 bridgehead atoms. The van der Waals surface area contributed by atoms with Crippen molar-refractivity contribution < 1.29 is 17.9 Å². The zero-order chi connectivity index (χ0) is 25.0. The topological polar surface area (TPSA) is 89.2 Å². The summed E-state index contributed by atoms with van der Waals surface area (Å²) in [6.07, 6.45) is 5.58. The summed E-state index contributed by atoms with van der Waals surface area (Å²) in [7, 11) is -3.03. The van der Waals surface area contributed by atoms with Crippen molar-refractivity contribution in [1.29, 1.82) is 5.26 Å². The largest absolute Gasteiger partial charge is 0.489 e. The van der Waals surface area contributed by atoms with Crippen LogP contribution in [-0.2, 0) is 21.1 Å². The second-order valence-corrected chi connectivity index (χ2v) is 12.9. The highest BCUT2D eigenvalue weighted by molar-refractivity contribution is 7.90. The lowest BCUT2D eigenvalue weighted by atomic mass is 9.34. The van der Waals surface area contributed by atoms with Gasteiger partial charge in [-0.05, 0) is 60.6 Å². The fourth-order valence-electron chi connectivity index (χ4n) is 5.99. The van der Waals surface area contributed by atoms with E-state index in [1.165, 1.54) is 6.26 Å². The third kappa shape index (κ3) is 4.33. The maximum absolute atomic E-state index is 13.0. The number of ether oxygens (including phenoxy) is 1. The van der Waals surface area contributed by atoms with Crippen LogP contribution < -0.4 is 4.74 Å². The SMILES string of the molecule is CS(=O)(=O)CC12CC(C(=O)Cc3ccc4c(ccn4-c4cc(Cl)c(OCCCl)c(C#N)c4)c3)(C1)C2. The molecule has 0 spiro atoms. The summed E-state index contributed by atoms with van der Waals surface area (Å²) in [5, 5.41) is 10.9.